The molecule has 2 N–H and O–H groups in total. The number of methoxy groups -OCH3 is 2. The van der Waals surface area contributed by atoms with Crippen LogP contribution in [0.25, 0.3) is 0 Å². The highest BCUT2D eigenvalue weighted by Crippen LogP contribution is 2.36. The molecule has 0 unspecified atom stereocenters. The minimum Gasteiger partial charge on any atom is -0.497 e. The maximum absolute atomic E-state index is 14.0. The normalized spacial score (nSPS) is 11.5. The molecular formula is C18H16F4N2O4. The molecule has 0 bridgehead atoms. The van der Waals surface area contributed by atoms with Crippen LogP contribution in [-0.4, -0.2) is 37.9 Å². The van der Waals surface area contributed by atoms with Crippen LogP contribution < -0.4 is 20.1 Å². The van der Waals surface area contributed by atoms with Crippen molar-refractivity contribution in [1.29, 1.82) is 0 Å². The van der Waals surface area contributed by atoms with Gasteiger partial charge >= 0.3 is 23.7 Å². The van der Waals surface area contributed by atoms with Crippen LogP contribution in [0.5, 0.6) is 11.5 Å². The van der Waals surface area contributed by atoms with Gasteiger partial charge in [-0.05, 0) is 48.5 Å². The van der Waals surface area contributed by atoms with Crippen molar-refractivity contribution >= 4 is 23.2 Å². The van der Waals surface area contributed by atoms with E-state index in [1.807, 2.05) is 0 Å². The van der Waals surface area contributed by atoms with E-state index in [9.17, 15) is 27.2 Å². The molecule has 150 valence electrons. The number of carbonyl (C=O) groups is 2. The van der Waals surface area contributed by atoms with Crippen molar-refractivity contribution in [3.8, 4) is 11.5 Å². The van der Waals surface area contributed by atoms with Crippen LogP contribution >= 0.6 is 0 Å². The zero-order valence-corrected chi connectivity index (χ0v) is 14.8. The Hall–Kier alpha value is -3.30. The maximum atomic E-state index is 14.0. The van der Waals surface area contributed by atoms with E-state index in [-0.39, 0.29) is 11.4 Å². The summed E-state index contributed by atoms with van der Waals surface area (Å²) in [6.07, 6.45) is 0. The molecule has 2 aromatic rings. The summed E-state index contributed by atoms with van der Waals surface area (Å²) < 4.78 is 65.8. The van der Waals surface area contributed by atoms with Crippen molar-refractivity contribution in [1.82, 2.24) is 0 Å². The second-order valence-electron chi connectivity index (χ2n) is 5.51. The minimum absolute atomic E-state index is 0.170. The molecular weight excluding hydrogens is 384 g/mol. The lowest BCUT2D eigenvalue weighted by Crippen LogP contribution is -2.56. The van der Waals surface area contributed by atoms with Gasteiger partial charge in [-0.3, -0.25) is 9.59 Å². The van der Waals surface area contributed by atoms with Gasteiger partial charge in [0.15, 0.2) is 0 Å². The Balaban J connectivity index is 2.12. The first-order chi connectivity index (χ1) is 13.1. The molecule has 0 radical (unpaired) electrons. The number of benzene rings is 2. The summed E-state index contributed by atoms with van der Waals surface area (Å²) >= 11 is 0. The molecule has 2 amide bonds. The van der Waals surface area contributed by atoms with Crippen LogP contribution in [0.2, 0.25) is 0 Å². The van der Waals surface area contributed by atoms with E-state index < -0.39 is 23.7 Å². The summed E-state index contributed by atoms with van der Waals surface area (Å²) in [5.41, 5.74) is -0.339. The Labute approximate surface area is 157 Å². The third-order valence-electron chi connectivity index (χ3n) is 3.66. The van der Waals surface area contributed by atoms with E-state index in [2.05, 4.69) is 0 Å². The fraction of sp³-hybridized carbons (Fsp3) is 0.222. The number of anilines is 2. The maximum Gasteiger partial charge on any atom is 0.396 e. The van der Waals surface area contributed by atoms with Gasteiger partial charge < -0.3 is 20.1 Å². The van der Waals surface area contributed by atoms with Gasteiger partial charge in [0.2, 0.25) is 0 Å². The van der Waals surface area contributed by atoms with Gasteiger partial charge in [0, 0.05) is 11.4 Å². The number of carbonyl (C=O) groups excluding carboxylic acids is 2. The molecule has 28 heavy (non-hydrogen) atoms. The van der Waals surface area contributed by atoms with Crippen molar-refractivity contribution in [3.05, 3.63) is 48.5 Å². The number of hydrogen-bond donors (Lipinski definition) is 2. The first-order valence-corrected chi connectivity index (χ1v) is 7.78. The zero-order chi connectivity index (χ0) is 20.9. The van der Waals surface area contributed by atoms with Crippen molar-refractivity contribution < 1.29 is 36.6 Å². The molecule has 0 aliphatic carbocycles. The highest BCUT2D eigenvalue weighted by molar-refractivity contribution is 6.05. The van der Waals surface area contributed by atoms with Crippen LogP contribution in [0, 0.1) is 0 Å². The van der Waals surface area contributed by atoms with Crippen molar-refractivity contribution in [2.24, 2.45) is 0 Å². The molecule has 6 nitrogen and oxygen atoms in total. The summed E-state index contributed by atoms with van der Waals surface area (Å²) in [4.78, 5) is 23.4. The second-order valence-corrected chi connectivity index (χ2v) is 5.51. The van der Waals surface area contributed by atoms with E-state index >= 15 is 0 Å². The second kappa shape index (κ2) is 8.15. The number of alkyl halides is 4. The predicted octanol–water partition coefficient (Wildman–Crippen LogP) is 3.55. The summed E-state index contributed by atoms with van der Waals surface area (Å²) in [6.45, 7) is 0. The van der Waals surface area contributed by atoms with Gasteiger partial charge in [0.05, 0.1) is 14.2 Å². The fourth-order valence-corrected chi connectivity index (χ4v) is 2.05. The fourth-order valence-electron chi connectivity index (χ4n) is 2.05. The molecule has 2 rings (SSSR count). The summed E-state index contributed by atoms with van der Waals surface area (Å²) in [5.74, 6) is -14.5. The van der Waals surface area contributed by atoms with Crippen LogP contribution in [-0.2, 0) is 9.59 Å². The lowest BCUT2D eigenvalue weighted by atomic mass is 10.1. The Kier molecular flexibility index (Phi) is 6.12. The molecule has 0 atom stereocenters. The first-order valence-electron chi connectivity index (χ1n) is 7.78. The Morgan fingerprint density at radius 3 is 1.21 bits per heavy atom. The van der Waals surface area contributed by atoms with E-state index in [0.717, 1.165) is 0 Å². The van der Waals surface area contributed by atoms with E-state index in [1.165, 1.54) is 62.8 Å². The topological polar surface area (TPSA) is 76.7 Å². The van der Waals surface area contributed by atoms with Crippen molar-refractivity contribution in [3.63, 3.8) is 0 Å². The number of hydrogen-bond acceptors (Lipinski definition) is 4. The number of ether oxygens (including phenoxy) is 2. The quantitative estimate of drug-likeness (QED) is 0.697. The highest BCUT2D eigenvalue weighted by Gasteiger charge is 2.67. The molecule has 0 aromatic heterocycles. The Morgan fingerprint density at radius 2 is 0.964 bits per heavy atom. The summed E-state index contributed by atoms with van der Waals surface area (Å²) in [6, 6.07) is 10.1. The summed E-state index contributed by atoms with van der Waals surface area (Å²) in [5, 5.41) is 3.30. The highest BCUT2D eigenvalue weighted by atomic mass is 19.3. The standard InChI is InChI=1S/C18H16F4N2O4/c1-27-13-7-3-11(4-8-13)23-15(25)17(19,20)18(21,22)16(26)24-12-5-9-14(28-2)10-6-12/h3-10H,1-2H3,(H,23,25)(H,24,26). The van der Waals surface area contributed by atoms with Crippen LogP contribution in [0.4, 0.5) is 28.9 Å². The first kappa shape index (κ1) is 21.0. The van der Waals surface area contributed by atoms with Crippen LogP contribution in [0.15, 0.2) is 48.5 Å². The molecule has 0 aliphatic heterocycles. The van der Waals surface area contributed by atoms with E-state index in [4.69, 9.17) is 9.47 Å². The molecule has 0 saturated heterocycles. The number of rotatable bonds is 7. The zero-order valence-electron chi connectivity index (χ0n) is 14.8. The van der Waals surface area contributed by atoms with E-state index in [0.29, 0.717) is 11.5 Å². The van der Waals surface area contributed by atoms with Gasteiger partial charge in [-0.1, -0.05) is 0 Å². The number of nitrogens with one attached hydrogen (secondary N) is 2. The number of halogens is 4. The largest absolute Gasteiger partial charge is 0.497 e. The van der Waals surface area contributed by atoms with Crippen LogP contribution in [0.1, 0.15) is 0 Å². The monoisotopic (exact) mass is 400 g/mol. The lowest BCUT2D eigenvalue weighted by Gasteiger charge is -2.24. The van der Waals surface area contributed by atoms with Gasteiger partial charge in [-0.15, -0.1) is 0 Å². The molecule has 0 spiro atoms. The van der Waals surface area contributed by atoms with E-state index in [1.54, 1.807) is 10.6 Å². The third kappa shape index (κ3) is 4.33. The smallest absolute Gasteiger partial charge is 0.396 e. The lowest BCUT2D eigenvalue weighted by molar-refractivity contribution is -0.204. The van der Waals surface area contributed by atoms with Crippen molar-refractivity contribution in [2.75, 3.05) is 24.9 Å². The Bertz CT molecular complexity index is 768. The molecule has 0 heterocycles. The SMILES string of the molecule is COc1ccc(NC(=O)C(F)(F)C(F)(F)C(=O)Nc2ccc(OC)cc2)cc1. The van der Waals surface area contributed by atoms with Crippen LogP contribution in [0.3, 0.4) is 0 Å². The number of amides is 2. The average molecular weight is 400 g/mol. The van der Waals surface area contributed by atoms with Gasteiger partial charge in [-0.25, -0.2) is 0 Å². The average Bonchev–Trinajstić information content (AvgIpc) is 2.68. The van der Waals surface area contributed by atoms with Gasteiger partial charge in [0.25, 0.3) is 0 Å². The Morgan fingerprint density at radius 1 is 0.679 bits per heavy atom. The minimum atomic E-state index is -5.30. The van der Waals surface area contributed by atoms with Gasteiger partial charge in [0.1, 0.15) is 11.5 Å². The molecule has 0 fully saturated rings. The molecule has 10 heteroatoms. The predicted molar refractivity (Wildman–Crippen MR) is 93.1 cm³/mol. The molecule has 0 aliphatic rings. The van der Waals surface area contributed by atoms with Gasteiger partial charge in [-0.2, -0.15) is 17.6 Å². The third-order valence-corrected chi connectivity index (χ3v) is 3.66. The summed E-state index contributed by atoms with van der Waals surface area (Å²) in [7, 11) is 2.73. The van der Waals surface area contributed by atoms with Crippen molar-refractivity contribution in [2.45, 2.75) is 11.8 Å². The molecule has 0 saturated carbocycles. The molecule has 2 aromatic carbocycles.